The molecule has 1 saturated heterocycles. The van der Waals surface area contributed by atoms with Crippen molar-refractivity contribution in [3.8, 4) is 0 Å². The zero-order valence-electron chi connectivity index (χ0n) is 15.5. The Kier molecular flexibility index (Phi) is 5.59. The van der Waals surface area contributed by atoms with E-state index in [9.17, 15) is 14.9 Å². The lowest BCUT2D eigenvalue weighted by atomic mass is 9.92. The van der Waals surface area contributed by atoms with Crippen LogP contribution in [-0.2, 0) is 30.3 Å². The number of nitro benzene ring substituents is 1. The second-order valence-corrected chi connectivity index (χ2v) is 6.95. The topological polar surface area (TPSA) is 97.1 Å². The minimum absolute atomic E-state index is 0.0262. The molecule has 1 aliphatic carbocycles. The fourth-order valence-corrected chi connectivity index (χ4v) is 3.28. The Labute approximate surface area is 157 Å². The standard InChI is InChI=1S/C19H23NO7/c1-4-24-18(21)13-9-15(17-16(10-13)26-19(2,3)27-17)25-11-12-5-7-14(8-6-12)20(22)23/h5-8,10,15-17H,4,9,11H2,1-3H3/t15?,16-,17+/m1/s1. The van der Waals surface area contributed by atoms with E-state index in [1.165, 1.54) is 12.1 Å². The number of ether oxygens (including phenoxy) is 4. The first-order valence-electron chi connectivity index (χ1n) is 8.87. The summed E-state index contributed by atoms with van der Waals surface area (Å²) in [6.07, 6.45) is 0.984. The average molecular weight is 377 g/mol. The first-order chi connectivity index (χ1) is 12.8. The summed E-state index contributed by atoms with van der Waals surface area (Å²) in [7, 11) is 0. The Bertz CT molecular complexity index is 741. The molecule has 0 aromatic heterocycles. The van der Waals surface area contributed by atoms with Gasteiger partial charge in [-0.2, -0.15) is 0 Å². The lowest BCUT2D eigenvalue weighted by Crippen LogP contribution is -2.41. The van der Waals surface area contributed by atoms with E-state index in [2.05, 4.69) is 0 Å². The maximum Gasteiger partial charge on any atom is 0.333 e. The van der Waals surface area contributed by atoms with Gasteiger partial charge in [0.25, 0.3) is 5.69 Å². The van der Waals surface area contributed by atoms with Crippen molar-refractivity contribution >= 4 is 11.7 Å². The Hall–Kier alpha value is -2.29. The summed E-state index contributed by atoms with van der Waals surface area (Å²) in [5.74, 6) is -1.15. The molecule has 3 rings (SSSR count). The van der Waals surface area contributed by atoms with Crippen molar-refractivity contribution in [3.63, 3.8) is 0 Å². The number of hydrogen-bond donors (Lipinski definition) is 0. The first kappa shape index (κ1) is 19.5. The molecule has 0 radical (unpaired) electrons. The maximum atomic E-state index is 12.2. The molecular weight excluding hydrogens is 354 g/mol. The number of hydrogen-bond acceptors (Lipinski definition) is 7. The van der Waals surface area contributed by atoms with Crippen LogP contribution in [0.2, 0.25) is 0 Å². The average Bonchev–Trinajstić information content (AvgIpc) is 2.94. The van der Waals surface area contributed by atoms with Crippen LogP contribution in [0.1, 0.15) is 32.8 Å². The van der Waals surface area contributed by atoms with Crippen molar-refractivity contribution in [3.05, 3.63) is 51.6 Å². The number of nitro groups is 1. The van der Waals surface area contributed by atoms with Gasteiger partial charge in [-0.05, 0) is 44.5 Å². The van der Waals surface area contributed by atoms with E-state index < -0.39 is 22.9 Å². The molecule has 27 heavy (non-hydrogen) atoms. The SMILES string of the molecule is CCOC(=O)C1=C[C@H]2OC(C)(C)O[C@H]2C(OCc2ccc([N+](=O)[O-])cc2)C1. The van der Waals surface area contributed by atoms with Gasteiger partial charge in [0.2, 0.25) is 0 Å². The van der Waals surface area contributed by atoms with Crippen LogP contribution >= 0.6 is 0 Å². The van der Waals surface area contributed by atoms with Crippen LogP contribution in [0, 0.1) is 10.1 Å². The fourth-order valence-electron chi connectivity index (χ4n) is 3.28. The van der Waals surface area contributed by atoms with Crippen molar-refractivity contribution in [1.29, 1.82) is 0 Å². The van der Waals surface area contributed by atoms with Crippen LogP contribution in [0.5, 0.6) is 0 Å². The van der Waals surface area contributed by atoms with E-state index in [1.54, 1.807) is 25.1 Å². The molecule has 0 saturated carbocycles. The molecule has 8 nitrogen and oxygen atoms in total. The predicted molar refractivity (Wildman–Crippen MR) is 94.8 cm³/mol. The number of rotatable bonds is 6. The minimum Gasteiger partial charge on any atom is -0.463 e. The van der Waals surface area contributed by atoms with Gasteiger partial charge >= 0.3 is 5.97 Å². The van der Waals surface area contributed by atoms with Gasteiger partial charge in [0.05, 0.1) is 24.2 Å². The molecule has 0 spiro atoms. The molecule has 0 N–H and O–H groups in total. The molecule has 1 aromatic rings. The van der Waals surface area contributed by atoms with Crippen LogP contribution in [-0.4, -0.2) is 41.6 Å². The Morgan fingerprint density at radius 3 is 2.63 bits per heavy atom. The van der Waals surface area contributed by atoms with E-state index >= 15 is 0 Å². The number of nitrogens with zero attached hydrogens (tertiary/aromatic N) is 1. The third-order valence-corrected chi connectivity index (χ3v) is 4.47. The molecule has 3 atom stereocenters. The number of carbonyl (C=O) groups is 1. The zero-order valence-corrected chi connectivity index (χ0v) is 15.5. The molecule has 2 aliphatic rings. The molecule has 0 amide bonds. The third-order valence-electron chi connectivity index (χ3n) is 4.47. The number of fused-ring (bicyclic) bond motifs is 1. The summed E-state index contributed by atoms with van der Waals surface area (Å²) >= 11 is 0. The molecule has 0 bridgehead atoms. The molecule has 8 heteroatoms. The molecule has 1 unspecified atom stereocenters. The van der Waals surface area contributed by atoms with Crippen LogP contribution in [0.25, 0.3) is 0 Å². The number of carbonyl (C=O) groups excluding carboxylic acids is 1. The smallest absolute Gasteiger partial charge is 0.333 e. The summed E-state index contributed by atoms with van der Waals surface area (Å²) in [6.45, 7) is 5.92. The predicted octanol–water partition coefficient (Wildman–Crippen LogP) is 2.89. The summed E-state index contributed by atoms with van der Waals surface area (Å²) in [6, 6.07) is 6.17. The Morgan fingerprint density at radius 1 is 1.30 bits per heavy atom. The Morgan fingerprint density at radius 2 is 2.00 bits per heavy atom. The minimum atomic E-state index is -0.773. The number of non-ortho nitro benzene ring substituents is 1. The lowest BCUT2D eigenvalue weighted by molar-refractivity contribution is -0.384. The fraction of sp³-hybridized carbons (Fsp3) is 0.526. The van der Waals surface area contributed by atoms with Crippen LogP contribution in [0.15, 0.2) is 35.9 Å². The monoisotopic (exact) mass is 377 g/mol. The molecule has 1 aromatic carbocycles. The summed E-state index contributed by atoms with van der Waals surface area (Å²) in [5.41, 5.74) is 1.33. The van der Waals surface area contributed by atoms with Gasteiger partial charge in [0.1, 0.15) is 12.2 Å². The van der Waals surface area contributed by atoms with Gasteiger partial charge < -0.3 is 18.9 Å². The van der Waals surface area contributed by atoms with Crippen LogP contribution < -0.4 is 0 Å². The maximum absolute atomic E-state index is 12.2. The van der Waals surface area contributed by atoms with E-state index in [0.29, 0.717) is 18.6 Å². The molecular formula is C19H23NO7. The highest BCUT2D eigenvalue weighted by Gasteiger charge is 2.48. The number of esters is 1. The van der Waals surface area contributed by atoms with Crippen LogP contribution in [0.3, 0.4) is 0 Å². The van der Waals surface area contributed by atoms with Crippen LogP contribution in [0.4, 0.5) is 5.69 Å². The number of benzene rings is 1. The highest BCUT2D eigenvalue weighted by molar-refractivity contribution is 5.89. The van der Waals surface area contributed by atoms with Crippen molar-refractivity contribution < 1.29 is 28.7 Å². The molecule has 146 valence electrons. The van der Waals surface area contributed by atoms with E-state index in [4.69, 9.17) is 18.9 Å². The summed E-state index contributed by atoms with van der Waals surface area (Å²) < 4.78 is 23.0. The zero-order chi connectivity index (χ0) is 19.6. The van der Waals surface area contributed by atoms with Gasteiger partial charge in [-0.1, -0.05) is 0 Å². The van der Waals surface area contributed by atoms with Crippen molar-refractivity contribution in [2.75, 3.05) is 6.61 Å². The molecule has 1 aliphatic heterocycles. The van der Waals surface area contributed by atoms with Crippen molar-refractivity contribution in [2.24, 2.45) is 0 Å². The quantitative estimate of drug-likeness (QED) is 0.427. The highest BCUT2D eigenvalue weighted by atomic mass is 16.8. The lowest BCUT2D eigenvalue weighted by Gasteiger charge is -2.30. The second kappa shape index (κ2) is 7.75. The van der Waals surface area contributed by atoms with Gasteiger partial charge in [0.15, 0.2) is 5.79 Å². The van der Waals surface area contributed by atoms with Gasteiger partial charge in [0, 0.05) is 24.1 Å². The van der Waals surface area contributed by atoms with Crippen molar-refractivity contribution in [2.45, 2.75) is 57.9 Å². The first-order valence-corrected chi connectivity index (χ1v) is 8.87. The Balaban J connectivity index is 1.72. The molecule has 1 heterocycles. The van der Waals surface area contributed by atoms with E-state index in [-0.39, 0.29) is 24.4 Å². The van der Waals surface area contributed by atoms with Crippen molar-refractivity contribution in [1.82, 2.24) is 0 Å². The normalized spacial score (nSPS) is 26.2. The highest BCUT2D eigenvalue weighted by Crippen LogP contribution is 2.37. The van der Waals surface area contributed by atoms with Gasteiger partial charge in [-0.3, -0.25) is 10.1 Å². The second-order valence-electron chi connectivity index (χ2n) is 6.95. The summed E-state index contributed by atoms with van der Waals surface area (Å²) in [5, 5.41) is 10.8. The van der Waals surface area contributed by atoms with E-state index in [1.807, 2.05) is 13.8 Å². The van der Waals surface area contributed by atoms with E-state index in [0.717, 1.165) is 5.56 Å². The largest absolute Gasteiger partial charge is 0.463 e. The van der Waals surface area contributed by atoms with Gasteiger partial charge in [-0.15, -0.1) is 0 Å². The molecule has 1 fully saturated rings. The third kappa shape index (κ3) is 4.52. The van der Waals surface area contributed by atoms with Gasteiger partial charge in [-0.25, -0.2) is 4.79 Å². The summed E-state index contributed by atoms with van der Waals surface area (Å²) in [4.78, 5) is 22.5.